The number of rotatable bonds is 9. The quantitative estimate of drug-likeness (QED) is 0.612. The van der Waals surface area contributed by atoms with Crippen LogP contribution >= 0.6 is 15.9 Å². The minimum atomic E-state index is -0.438. The summed E-state index contributed by atoms with van der Waals surface area (Å²) in [7, 11) is 3.15. The highest BCUT2D eigenvalue weighted by Crippen LogP contribution is 2.27. The molecule has 6 nitrogen and oxygen atoms in total. The molecule has 0 aliphatic rings. The van der Waals surface area contributed by atoms with Crippen molar-refractivity contribution in [2.75, 3.05) is 27.4 Å². The standard InChI is InChI=1S/C20H22BrNO5/c1-25-17-8-5-15(11-18(17)26-2)9-10-22-19(23)13-27-20(24)12-14-3-6-16(21)7-4-14/h3-8,11H,9-10,12-13H2,1-2H3,(H,22,23). The van der Waals surface area contributed by atoms with Crippen LogP contribution in [0.3, 0.4) is 0 Å². The maximum Gasteiger partial charge on any atom is 0.310 e. The first kappa shape index (κ1) is 20.8. The van der Waals surface area contributed by atoms with E-state index in [9.17, 15) is 9.59 Å². The Labute approximate surface area is 166 Å². The van der Waals surface area contributed by atoms with Crippen molar-refractivity contribution in [3.05, 3.63) is 58.1 Å². The summed E-state index contributed by atoms with van der Waals surface area (Å²) in [5.74, 6) is 0.526. The molecule has 0 unspecified atom stereocenters. The molecule has 0 fully saturated rings. The van der Waals surface area contributed by atoms with Crippen LogP contribution in [0.5, 0.6) is 11.5 Å². The van der Waals surface area contributed by atoms with E-state index in [1.807, 2.05) is 42.5 Å². The number of methoxy groups -OCH3 is 2. The molecule has 0 spiro atoms. The normalized spacial score (nSPS) is 10.2. The molecule has 2 aromatic carbocycles. The van der Waals surface area contributed by atoms with Crippen LogP contribution in [0.2, 0.25) is 0 Å². The summed E-state index contributed by atoms with van der Waals surface area (Å²) in [5.41, 5.74) is 1.83. The molecule has 0 atom stereocenters. The molecule has 0 saturated carbocycles. The summed E-state index contributed by atoms with van der Waals surface area (Å²) in [6, 6.07) is 12.9. The van der Waals surface area contributed by atoms with Gasteiger partial charge in [0.2, 0.25) is 0 Å². The van der Waals surface area contributed by atoms with Crippen molar-refractivity contribution in [1.29, 1.82) is 0 Å². The van der Waals surface area contributed by atoms with Crippen LogP contribution in [0, 0.1) is 0 Å². The number of hydrogen-bond acceptors (Lipinski definition) is 5. The predicted molar refractivity (Wildman–Crippen MR) is 105 cm³/mol. The van der Waals surface area contributed by atoms with Gasteiger partial charge in [0.15, 0.2) is 18.1 Å². The van der Waals surface area contributed by atoms with Crippen LogP contribution in [0.25, 0.3) is 0 Å². The average Bonchev–Trinajstić information content (AvgIpc) is 2.68. The second-order valence-corrected chi connectivity index (χ2v) is 6.67. The fourth-order valence-corrected chi connectivity index (χ4v) is 2.66. The number of esters is 1. The number of nitrogens with one attached hydrogen (secondary N) is 1. The lowest BCUT2D eigenvalue weighted by atomic mass is 10.1. The fourth-order valence-electron chi connectivity index (χ4n) is 2.40. The van der Waals surface area contributed by atoms with E-state index in [1.165, 1.54) is 0 Å². The number of ether oxygens (including phenoxy) is 3. The van der Waals surface area contributed by atoms with Gasteiger partial charge in [-0.1, -0.05) is 34.1 Å². The fraction of sp³-hybridized carbons (Fsp3) is 0.300. The summed E-state index contributed by atoms with van der Waals surface area (Å²) >= 11 is 3.34. The van der Waals surface area contributed by atoms with Crippen molar-refractivity contribution in [3.8, 4) is 11.5 Å². The summed E-state index contributed by atoms with van der Waals surface area (Å²) < 4.78 is 16.4. The Balaban J connectivity index is 1.70. The Kier molecular flexibility index (Phi) is 8.13. The molecule has 27 heavy (non-hydrogen) atoms. The third kappa shape index (κ3) is 6.94. The zero-order chi connectivity index (χ0) is 19.6. The van der Waals surface area contributed by atoms with Crippen molar-refractivity contribution in [2.24, 2.45) is 0 Å². The van der Waals surface area contributed by atoms with Gasteiger partial charge in [0.25, 0.3) is 5.91 Å². The van der Waals surface area contributed by atoms with Crippen molar-refractivity contribution < 1.29 is 23.8 Å². The SMILES string of the molecule is COc1ccc(CCNC(=O)COC(=O)Cc2ccc(Br)cc2)cc1OC. The molecule has 7 heteroatoms. The molecule has 0 saturated heterocycles. The van der Waals surface area contributed by atoms with Crippen molar-refractivity contribution in [1.82, 2.24) is 5.32 Å². The van der Waals surface area contributed by atoms with E-state index in [4.69, 9.17) is 14.2 Å². The molecule has 1 amide bonds. The Hall–Kier alpha value is -2.54. The van der Waals surface area contributed by atoms with Gasteiger partial charge in [-0.3, -0.25) is 9.59 Å². The largest absolute Gasteiger partial charge is 0.493 e. The van der Waals surface area contributed by atoms with E-state index in [1.54, 1.807) is 14.2 Å². The molecule has 1 N–H and O–H groups in total. The molecule has 0 radical (unpaired) electrons. The second kappa shape index (κ2) is 10.6. The minimum Gasteiger partial charge on any atom is -0.493 e. The second-order valence-electron chi connectivity index (χ2n) is 5.75. The third-order valence-corrected chi connectivity index (χ3v) is 4.34. The Bertz CT molecular complexity index is 776. The van der Waals surface area contributed by atoms with Gasteiger partial charge in [0, 0.05) is 11.0 Å². The van der Waals surface area contributed by atoms with Gasteiger partial charge >= 0.3 is 5.97 Å². The number of hydrogen-bond donors (Lipinski definition) is 1. The summed E-state index contributed by atoms with van der Waals surface area (Å²) in [6.07, 6.45) is 0.755. The average molecular weight is 436 g/mol. The first-order chi connectivity index (χ1) is 13.0. The Morgan fingerprint density at radius 2 is 1.63 bits per heavy atom. The van der Waals surface area contributed by atoms with Crippen LogP contribution < -0.4 is 14.8 Å². The summed E-state index contributed by atoms with van der Waals surface area (Å²) in [5, 5.41) is 2.73. The number of carbonyl (C=O) groups is 2. The lowest BCUT2D eigenvalue weighted by molar-refractivity contribution is -0.147. The summed E-state index contributed by atoms with van der Waals surface area (Å²) in [4.78, 5) is 23.6. The maximum absolute atomic E-state index is 11.8. The Morgan fingerprint density at radius 3 is 2.30 bits per heavy atom. The van der Waals surface area contributed by atoms with Gasteiger partial charge < -0.3 is 19.5 Å². The first-order valence-corrected chi connectivity index (χ1v) is 9.18. The third-order valence-electron chi connectivity index (χ3n) is 3.81. The van der Waals surface area contributed by atoms with Gasteiger partial charge in [-0.2, -0.15) is 0 Å². The maximum atomic E-state index is 11.8. The zero-order valence-electron chi connectivity index (χ0n) is 15.3. The monoisotopic (exact) mass is 435 g/mol. The molecular formula is C20H22BrNO5. The smallest absolute Gasteiger partial charge is 0.310 e. The van der Waals surface area contributed by atoms with Crippen LogP contribution in [0.1, 0.15) is 11.1 Å². The molecule has 0 aliphatic carbocycles. The molecule has 0 aliphatic heterocycles. The van der Waals surface area contributed by atoms with Crippen LogP contribution in [-0.2, 0) is 27.2 Å². The Morgan fingerprint density at radius 1 is 0.963 bits per heavy atom. The van der Waals surface area contributed by atoms with Gasteiger partial charge in [-0.25, -0.2) is 0 Å². The van der Waals surface area contributed by atoms with E-state index < -0.39 is 5.97 Å². The first-order valence-electron chi connectivity index (χ1n) is 8.39. The van der Waals surface area contributed by atoms with E-state index in [-0.39, 0.29) is 18.9 Å². The molecule has 2 aromatic rings. The van der Waals surface area contributed by atoms with Gasteiger partial charge in [-0.05, 0) is 41.8 Å². The minimum absolute atomic E-state index is 0.131. The van der Waals surface area contributed by atoms with Crippen molar-refractivity contribution >= 4 is 27.8 Å². The number of halogens is 1. The highest BCUT2D eigenvalue weighted by molar-refractivity contribution is 9.10. The summed E-state index contributed by atoms with van der Waals surface area (Å²) in [6.45, 7) is 0.139. The lowest BCUT2D eigenvalue weighted by Crippen LogP contribution is -2.30. The van der Waals surface area contributed by atoms with E-state index in [0.717, 1.165) is 15.6 Å². The lowest BCUT2D eigenvalue weighted by Gasteiger charge is -2.10. The molecule has 2 rings (SSSR count). The molecule has 0 heterocycles. The van der Waals surface area contributed by atoms with Crippen molar-refractivity contribution in [3.63, 3.8) is 0 Å². The number of benzene rings is 2. The van der Waals surface area contributed by atoms with Crippen LogP contribution in [0.4, 0.5) is 0 Å². The topological polar surface area (TPSA) is 73.9 Å². The number of amides is 1. The highest BCUT2D eigenvalue weighted by atomic mass is 79.9. The van der Waals surface area contributed by atoms with Gasteiger partial charge in [0.1, 0.15) is 0 Å². The van der Waals surface area contributed by atoms with Gasteiger partial charge in [0.05, 0.1) is 20.6 Å². The highest BCUT2D eigenvalue weighted by Gasteiger charge is 2.09. The van der Waals surface area contributed by atoms with E-state index >= 15 is 0 Å². The number of carbonyl (C=O) groups excluding carboxylic acids is 2. The molecule has 144 valence electrons. The van der Waals surface area contributed by atoms with E-state index in [0.29, 0.717) is 24.5 Å². The molecular weight excluding hydrogens is 414 g/mol. The molecule has 0 aromatic heterocycles. The van der Waals surface area contributed by atoms with Crippen molar-refractivity contribution in [2.45, 2.75) is 12.8 Å². The zero-order valence-corrected chi connectivity index (χ0v) is 16.9. The van der Waals surface area contributed by atoms with Crippen LogP contribution in [-0.4, -0.2) is 39.2 Å². The predicted octanol–water partition coefficient (Wildman–Crippen LogP) is 2.91. The molecule has 0 bridgehead atoms. The van der Waals surface area contributed by atoms with E-state index in [2.05, 4.69) is 21.2 Å². The van der Waals surface area contributed by atoms with Crippen LogP contribution in [0.15, 0.2) is 46.9 Å². The van der Waals surface area contributed by atoms with Gasteiger partial charge in [-0.15, -0.1) is 0 Å².